The van der Waals surface area contributed by atoms with E-state index in [1.54, 1.807) is 0 Å². The van der Waals surface area contributed by atoms with Crippen molar-refractivity contribution in [2.24, 2.45) is 0 Å². The number of fused-ring (bicyclic) bond motifs is 4. The van der Waals surface area contributed by atoms with Crippen molar-refractivity contribution >= 4 is 96.0 Å². The number of hydrogen-bond acceptors (Lipinski definition) is 0. The largest absolute Gasteiger partial charge is 2.00 e. The minimum Gasteiger partial charge on any atom is -1.00 e. The van der Waals surface area contributed by atoms with Gasteiger partial charge in [-0.25, -0.2) is 0 Å². The van der Waals surface area contributed by atoms with E-state index < -0.39 is 0 Å². The van der Waals surface area contributed by atoms with Crippen LogP contribution in [0.4, 0.5) is 0 Å². The van der Waals surface area contributed by atoms with E-state index in [1.165, 1.54) is 109 Å². The van der Waals surface area contributed by atoms with Gasteiger partial charge in [0.05, 0.1) is 0 Å². The predicted molar refractivity (Wildman–Crippen MR) is 334 cm³/mol. The maximum absolute atomic E-state index is 2.36. The maximum atomic E-state index is 2.36. The van der Waals surface area contributed by atoms with Crippen molar-refractivity contribution in [3.8, 4) is 44.5 Å². The van der Waals surface area contributed by atoms with Crippen molar-refractivity contribution in [3.63, 3.8) is 0 Å². The molecule has 380 valence electrons. The van der Waals surface area contributed by atoms with E-state index in [9.17, 15) is 0 Å². The van der Waals surface area contributed by atoms with Gasteiger partial charge in [-0.15, -0.1) is 169 Å². The summed E-state index contributed by atoms with van der Waals surface area (Å²) >= 11 is 0. The van der Waals surface area contributed by atoms with Gasteiger partial charge in [-0.2, -0.15) is 24.3 Å². The number of rotatable bonds is 8. The van der Waals surface area contributed by atoms with Crippen LogP contribution in [0.2, 0.25) is 0 Å². The molecule has 0 heterocycles. The zero-order chi connectivity index (χ0) is 50.1. The molecule has 0 unspecified atom stereocenters. The molecule has 0 bridgehead atoms. The maximum Gasteiger partial charge on any atom is 2.00 e. The van der Waals surface area contributed by atoms with Crippen molar-refractivity contribution < 1.29 is 77.2 Å². The average molecular weight is 1260 g/mol. The van der Waals surface area contributed by atoms with Gasteiger partial charge >= 0.3 is 52.4 Å². The van der Waals surface area contributed by atoms with E-state index in [4.69, 9.17) is 0 Å². The van der Waals surface area contributed by atoms with Crippen LogP contribution in [-0.4, -0.2) is 53.3 Å². The quantitative estimate of drug-likeness (QED) is 0.105. The molecule has 0 amide bonds. The fourth-order valence-corrected chi connectivity index (χ4v) is 12.5. The molecular weight excluding hydrogens is 1190 g/mol. The van der Waals surface area contributed by atoms with Crippen LogP contribution in [0, 0.1) is 0 Å². The minimum absolute atomic E-state index is 0. The molecule has 0 saturated heterocycles. The Morgan fingerprint density at radius 1 is 0.237 bits per heavy atom. The van der Waals surface area contributed by atoms with Crippen LogP contribution in [-0.2, 0) is 52.4 Å². The Labute approximate surface area is 508 Å². The molecule has 0 saturated carbocycles. The molecule has 8 heteroatoms. The van der Waals surface area contributed by atoms with E-state index >= 15 is 0 Å². The first-order chi connectivity index (χ1) is 35.0. The molecule has 0 aliphatic rings. The van der Waals surface area contributed by atoms with Crippen LogP contribution >= 0.6 is 31.7 Å². The molecule has 0 aromatic heterocycles. The summed E-state index contributed by atoms with van der Waals surface area (Å²) < 4.78 is 0. The molecule has 0 radical (unpaired) electrons. The monoisotopic (exact) mass is 1250 g/mol. The van der Waals surface area contributed by atoms with Crippen molar-refractivity contribution in [2.45, 2.75) is 0 Å². The molecule has 0 fully saturated rings. The van der Waals surface area contributed by atoms with Crippen LogP contribution < -0.4 is 46.0 Å². The molecule has 0 aliphatic heterocycles. The van der Waals surface area contributed by atoms with Crippen molar-refractivity contribution in [3.05, 3.63) is 243 Å². The van der Waals surface area contributed by atoms with E-state index in [0.717, 1.165) is 0 Å². The summed E-state index contributed by atoms with van der Waals surface area (Å²) in [4.78, 5) is 0. The summed E-state index contributed by atoms with van der Waals surface area (Å²) in [5.41, 5.74) is 10.6. The SMILES string of the molecule is CP(C)c1cc2c(-c3ccccc3)cccc2[cH-]1.CP(C)c1cc2c(-c3ccccc3)cccc2[cH-]1.CP(C)c1cc2c(-c3ccccc3)cccc2[cH-]1.CP(C)c1cc2c(-c3ccccc3)cccc2[cH-]1.[Cl-].[Cl-].[Zr+2].[Zr+2]. The van der Waals surface area contributed by atoms with Gasteiger partial charge in [0.2, 0.25) is 0 Å². The summed E-state index contributed by atoms with van der Waals surface area (Å²) in [6.45, 7) is 18.5. The molecule has 12 aromatic rings. The van der Waals surface area contributed by atoms with Crippen LogP contribution in [0.15, 0.2) is 243 Å². The second kappa shape index (κ2) is 30.0. The Balaban J connectivity index is 0.000000184. The molecule has 0 aliphatic carbocycles. The normalized spacial score (nSPS) is 10.7. The second-order valence-corrected chi connectivity index (χ2v) is 28.4. The smallest absolute Gasteiger partial charge is 1.00 e. The molecule has 0 nitrogen and oxygen atoms in total. The number of hydrogen-bond donors (Lipinski definition) is 0. The van der Waals surface area contributed by atoms with Gasteiger partial charge in [-0.3, -0.25) is 0 Å². The van der Waals surface area contributed by atoms with E-state index in [-0.39, 0.29) is 109 Å². The van der Waals surface area contributed by atoms with Crippen LogP contribution in [0.1, 0.15) is 0 Å². The zero-order valence-corrected chi connectivity index (χ0v) is 54.6. The molecule has 76 heavy (non-hydrogen) atoms. The third-order valence-electron chi connectivity index (χ3n) is 13.3. The van der Waals surface area contributed by atoms with Crippen molar-refractivity contribution in [2.75, 3.05) is 53.3 Å². The van der Waals surface area contributed by atoms with Crippen molar-refractivity contribution in [1.82, 2.24) is 0 Å². The summed E-state index contributed by atoms with van der Waals surface area (Å²) in [6, 6.07) is 87.7. The van der Waals surface area contributed by atoms with E-state index in [2.05, 4.69) is 296 Å². The fourth-order valence-electron chi connectivity index (χ4n) is 9.39. The first kappa shape index (κ1) is 63.1. The van der Waals surface area contributed by atoms with Gasteiger partial charge in [-0.1, -0.05) is 168 Å². The molecule has 12 rings (SSSR count). The molecule has 0 N–H and O–H groups in total. The summed E-state index contributed by atoms with van der Waals surface area (Å²) in [5, 5.41) is 16.9. The Morgan fingerprint density at radius 3 is 0.592 bits per heavy atom. The second-order valence-electron chi connectivity index (χ2n) is 19.1. The third-order valence-corrected chi connectivity index (χ3v) is 18.5. The third kappa shape index (κ3) is 15.3. The first-order valence-electron chi connectivity index (χ1n) is 24.7. The van der Waals surface area contributed by atoms with Gasteiger partial charge in [0.15, 0.2) is 0 Å². The Kier molecular flexibility index (Phi) is 24.9. The van der Waals surface area contributed by atoms with Crippen LogP contribution in [0.3, 0.4) is 0 Å². The topological polar surface area (TPSA) is 0 Å². The van der Waals surface area contributed by atoms with E-state index in [1.807, 2.05) is 0 Å². The number of benzene rings is 8. The average Bonchev–Trinajstić information content (AvgIpc) is 4.25. The number of halogens is 2. The summed E-state index contributed by atoms with van der Waals surface area (Å²) in [5.74, 6) is 0. The molecular formula is C68H64Cl2P4Zr2-2. The summed E-state index contributed by atoms with van der Waals surface area (Å²) in [6.07, 6.45) is 0. The van der Waals surface area contributed by atoms with Gasteiger partial charge < -0.3 is 24.8 Å². The minimum atomic E-state index is -0.0237. The van der Waals surface area contributed by atoms with E-state index in [0.29, 0.717) is 0 Å². The van der Waals surface area contributed by atoms with Crippen LogP contribution in [0.5, 0.6) is 0 Å². The zero-order valence-electron chi connectivity index (χ0n) is 44.6. The molecule has 0 atom stereocenters. The fraction of sp³-hybridized carbons (Fsp3) is 0.118. The van der Waals surface area contributed by atoms with Gasteiger partial charge in [0, 0.05) is 0 Å². The van der Waals surface area contributed by atoms with Crippen molar-refractivity contribution in [1.29, 1.82) is 0 Å². The Bertz CT molecular complexity index is 3160. The van der Waals surface area contributed by atoms with Gasteiger partial charge in [-0.05, 0) is 75.6 Å². The van der Waals surface area contributed by atoms with Crippen LogP contribution in [0.25, 0.3) is 87.6 Å². The predicted octanol–water partition coefficient (Wildman–Crippen LogP) is 12.4. The Morgan fingerprint density at radius 2 is 0.421 bits per heavy atom. The molecule has 0 spiro atoms. The standard InChI is InChI=1S/4C17H16P.2ClH.2Zr/c4*1-18(2)15-11-14-9-6-10-16(17(14)12-15)13-7-4-3-5-8-13;;;;/h4*3-12H,1-2H3;2*1H;;/q4*-1;;;2*+2/p-2. The molecule has 12 aromatic carbocycles. The Hall–Kier alpha value is -3.73. The summed E-state index contributed by atoms with van der Waals surface area (Å²) in [7, 11) is -0.0947. The van der Waals surface area contributed by atoms with Gasteiger partial charge in [0.1, 0.15) is 0 Å². The van der Waals surface area contributed by atoms with Gasteiger partial charge in [0.25, 0.3) is 0 Å². The first-order valence-corrected chi connectivity index (χ1v) is 33.7.